The van der Waals surface area contributed by atoms with Crippen molar-refractivity contribution in [2.75, 3.05) is 24.3 Å². The van der Waals surface area contributed by atoms with E-state index in [9.17, 15) is 0 Å². The Hall–Kier alpha value is -1.32. The first-order chi connectivity index (χ1) is 8.60. The molecule has 0 atom stereocenters. The van der Waals surface area contributed by atoms with Crippen molar-refractivity contribution in [3.8, 4) is 0 Å². The minimum atomic E-state index is 0.625. The first-order valence-electron chi connectivity index (χ1n) is 6.86. The molecule has 0 radical (unpaired) electrons. The number of nitrogens with one attached hydrogen (secondary N) is 1. The maximum absolute atomic E-state index is 4.55. The Kier molecular flexibility index (Phi) is 4.04. The second-order valence-corrected chi connectivity index (χ2v) is 5.47. The molecule has 2 rings (SSSR count). The zero-order valence-corrected chi connectivity index (χ0v) is 11.9. The summed E-state index contributed by atoms with van der Waals surface area (Å²) < 4.78 is 0. The molecule has 1 aliphatic rings. The van der Waals surface area contributed by atoms with E-state index >= 15 is 0 Å². The average molecular weight is 248 g/mol. The summed E-state index contributed by atoms with van der Waals surface area (Å²) in [6, 6.07) is 2.69. The van der Waals surface area contributed by atoms with Crippen LogP contribution in [0.4, 0.5) is 11.8 Å². The van der Waals surface area contributed by atoms with Crippen molar-refractivity contribution < 1.29 is 0 Å². The molecule has 0 amide bonds. The summed E-state index contributed by atoms with van der Waals surface area (Å²) >= 11 is 0. The Bertz CT molecular complexity index is 397. The summed E-state index contributed by atoms with van der Waals surface area (Å²) in [5.41, 5.74) is 1.01. The Morgan fingerprint density at radius 2 is 1.89 bits per heavy atom. The predicted molar refractivity (Wildman–Crippen MR) is 76.1 cm³/mol. The molecule has 18 heavy (non-hydrogen) atoms. The zero-order valence-electron chi connectivity index (χ0n) is 11.9. The van der Waals surface area contributed by atoms with Gasteiger partial charge in [0.05, 0.1) is 0 Å². The molecular weight excluding hydrogens is 224 g/mol. The van der Waals surface area contributed by atoms with Gasteiger partial charge in [0.2, 0.25) is 5.95 Å². The van der Waals surface area contributed by atoms with E-state index in [0.29, 0.717) is 12.0 Å². The van der Waals surface area contributed by atoms with Crippen molar-refractivity contribution in [1.29, 1.82) is 0 Å². The van der Waals surface area contributed by atoms with Crippen LogP contribution < -0.4 is 10.2 Å². The normalized spacial score (nSPS) is 23.8. The van der Waals surface area contributed by atoms with Crippen molar-refractivity contribution >= 4 is 11.8 Å². The van der Waals surface area contributed by atoms with E-state index in [1.807, 2.05) is 14.0 Å². The summed E-state index contributed by atoms with van der Waals surface area (Å²) in [7, 11) is 4.02. The van der Waals surface area contributed by atoms with E-state index < -0.39 is 0 Å². The molecule has 0 spiro atoms. The van der Waals surface area contributed by atoms with E-state index in [-0.39, 0.29) is 0 Å². The largest absolute Gasteiger partial charge is 0.357 e. The van der Waals surface area contributed by atoms with Crippen molar-refractivity contribution in [2.24, 2.45) is 5.92 Å². The number of aromatic nitrogens is 2. The topological polar surface area (TPSA) is 41.1 Å². The van der Waals surface area contributed by atoms with Crippen LogP contribution in [0.25, 0.3) is 0 Å². The maximum Gasteiger partial charge on any atom is 0.224 e. The lowest BCUT2D eigenvalue weighted by molar-refractivity contribution is 0.340. The van der Waals surface area contributed by atoms with E-state index in [1.165, 1.54) is 25.7 Å². The number of hydrogen-bond acceptors (Lipinski definition) is 4. The smallest absolute Gasteiger partial charge is 0.224 e. The van der Waals surface area contributed by atoms with E-state index in [0.717, 1.165) is 17.4 Å². The fourth-order valence-electron chi connectivity index (χ4n) is 2.66. The maximum atomic E-state index is 4.55. The van der Waals surface area contributed by atoms with Gasteiger partial charge in [-0.2, -0.15) is 4.98 Å². The summed E-state index contributed by atoms with van der Waals surface area (Å²) in [4.78, 5) is 11.2. The third-order valence-electron chi connectivity index (χ3n) is 3.96. The summed E-state index contributed by atoms with van der Waals surface area (Å²) in [5, 5.41) is 3.02. The first kappa shape index (κ1) is 13.1. The molecule has 0 aromatic carbocycles. The van der Waals surface area contributed by atoms with E-state index in [2.05, 4.69) is 40.2 Å². The van der Waals surface area contributed by atoms with E-state index in [1.54, 1.807) is 0 Å². The Labute approximate surface area is 110 Å². The van der Waals surface area contributed by atoms with Gasteiger partial charge < -0.3 is 10.2 Å². The fourth-order valence-corrected chi connectivity index (χ4v) is 2.66. The van der Waals surface area contributed by atoms with Crippen molar-refractivity contribution in [3.63, 3.8) is 0 Å². The van der Waals surface area contributed by atoms with Gasteiger partial charge in [0.15, 0.2) is 0 Å². The lowest BCUT2D eigenvalue weighted by Crippen LogP contribution is -2.35. The van der Waals surface area contributed by atoms with Gasteiger partial charge >= 0.3 is 0 Å². The number of hydrogen-bond donors (Lipinski definition) is 1. The summed E-state index contributed by atoms with van der Waals surface area (Å²) in [5.74, 6) is 2.63. The molecule has 0 aliphatic heterocycles. The Balaban J connectivity index is 2.12. The Morgan fingerprint density at radius 3 is 2.50 bits per heavy atom. The minimum absolute atomic E-state index is 0.625. The zero-order chi connectivity index (χ0) is 13.1. The van der Waals surface area contributed by atoms with Crippen LogP contribution in [0.15, 0.2) is 6.07 Å². The molecule has 1 aliphatic carbocycles. The van der Waals surface area contributed by atoms with Gasteiger partial charge in [0, 0.05) is 31.9 Å². The van der Waals surface area contributed by atoms with Crippen molar-refractivity contribution in [3.05, 3.63) is 11.8 Å². The number of aryl methyl sites for hydroxylation is 1. The van der Waals surface area contributed by atoms with Crippen LogP contribution in [0.3, 0.4) is 0 Å². The predicted octanol–water partition coefficient (Wildman–Crippen LogP) is 2.84. The quantitative estimate of drug-likeness (QED) is 0.893. The lowest BCUT2D eigenvalue weighted by atomic mass is 9.87. The molecule has 1 saturated carbocycles. The second kappa shape index (κ2) is 5.55. The van der Waals surface area contributed by atoms with Gasteiger partial charge in [-0.25, -0.2) is 4.98 Å². The molecule has 1 aromatic heterocycles. The van der Waals surface area contributed by atoms with Gasteiger partial charge in [0.1, 0.15) is 5.82 Å². The summed E-state index contributed by atoms with van der Waals surface area (Å²) in [6.45, 7) is 4.37. The fraction of sp³-hybridized carbons (Fsp3) is 0.714. The van der Waals surface area contributed by atoms with Crippen LogP contribution in [0.2, 0.25) is 0 Å². The van der Waals surface area contributed by atoms with Crippen LogP contribution in [0.1, 0.15) is 38.3 Å². The lowest BCUT2D eigenvalue weighted by Gasteiger charge is -2.34. The highest BCUT2D eigenvalue weighted by atomic mass is 15.2. The van der Waals surface area contributed by atoms with Crippen LogP contribution in [-0.4, -0.2) is 30.1 Å². The number of rotatable bonds is 3. The van der Waals surface area contributed by atoms with Gasteiger partial charge in [0.25, 0.3) is 0 Å². The third kappa shape index (κ3) is 2.92. The molecule has 1 heterocycles. The highest BCUT2D eigenvalue weighted by Gasteiger charge is 2.22. The highest BCUT2D eigenvalue weighted by molar-refractivity contribution is 5.44. The average Bonchev–Trinajstić information content (AvgIpc) is 2.38. The van der Waals surface area contributed by atoms with Crippen LogP contribution in [0, 0.1) is 12.8 Å². The molecule has 1 fully saturated rings. The highest BCUT2D eigenvalue weighted by Crippen LogP contribution is 2.29. The summed E-state index contributed by atoms with van der Waals surface area (Å²) in [6.07, 6.45) is 5.21. The van der Waals surface area contributed by atoms with Crippen LogP contribution >= 0.6 is 0 Å². The second-order valence-electron chi connectivity index (χ2n) is 5.47. The molecule has 0 bridgehead atoms. The van der Waals surface area contributed by atoms with Gasteiger partial charge in [-0.15, -0.1) is 0 Å². The molecule has 4 heteroatoms. The van der Waals surface area contributed by atoms with Gasteiger partial charge in [-0.1, -0.05) is 6.92 Å². The van der Waals surface area contributed by atoms with Gasteiger partial charge in [-0.3, -0.25) is 0 Å². The minimum Gasteiger partial charge on any atom is -0.357 e. The molecular formula is C14H24N4. The van der Waals surface area contributed by atoms with Crippen molar-refractivity contribution in [1.82, 2.24) is 9.97 Å². The first-order valence-corrected chi connectivity index (χ1v) is 6.86. The molecule has 0 saturated heterocycles. The molecule has 4 nitrogen and oxygen atoms in total. The molecule has 100 valence electrons. The number of nitrogens with zero attached hydrogens (tertiary/aromatic N) is 3. The standard InChI is InChI=1S/C14H24N4/c1-10-5-7-12(8-6-10)18(4)13-9-11(2)16-14(15-3)17-13/h9-10,12H,5-8H2,1-4H3,(H,15,16,17). The Morgan fingerprint density at radius 1 is 1.22 bits per heavy atom. The SMILES string of the molecule is CNc1nc(C)cc(N(C)C2CCC(C)CC2)n1. The van der Waals surface area contributed by atoms with Crippen LogP contribution in [0.5, 0.6) is 0 Å². The monoisotopic (exact) mass is 248 g/mol. The van der Waals surface area contributed by atoms with Gasteiger partial charge in [-0.05, 0) is 38.5 Å². The van der Waals surface area contributed by atoms with Crippen molar-refractivity contribution in [2.45, 2.75) is 45.6 Å². The molecule has 1 N–H and O–H groups in total. The number of anilines is 2. The van der Waals surface area contributed by atoms with E-state index in [4.69, 9.17) is 0 Å². The van der Waals surface area contributed by atoms with Crippen LogP contribution in [-0.2, 0) is 0 Å². The molecule has 1 aromatic rings. The third-order valence-corrected chi connectivity index (χ3v) is 3.96. The molecule has 0 unspecified atom stereocenters.